The zero-order valence-corrected chi connectivity index (χ0v) is 6.91. The Hall–Kier alpha value is -1.57. The van der Waals surface area contributed by atoms with Gasteiger partial charge in [0.25, 0.3) is 0 Å². The van der Waals surface area contributed by atoms with Crippen LogP contribution in [0, 0.1) is 6.92 Å². The summed E-state index contributed by atoms with van der Waals surface area (Å²) in [5, 5.41) is 1.04. The van der Waals surface area contributed by atoms with Gasteiger partial charge in [0.05, 0.1) is 5.52 Å². The van der Waals surface area contributed by atoms with Crippen molar-refractivity contribution in [2.45, 2.75) is 6.92 Å². The van der Waals surface area contributed by atoms with Gasteiger partial charge in [-0.3, -0.25) is 4.98 Å². The van der Waals surface area contributed by atoms with Gasteiger partial charge in [0.2, 0.25) is 0 Å². The van der Waals surface area contributed by atoms with Gasteiger partial charge in [-0.2, -0.15) is 0 Å². The predicted molar refractivity (Wildman–Crippen MR) is 50.9 cm³/mol. The van der Waals surface area contributed by atoms with Crippen molar-refractivity contribution < 1.29 is 0 Å². The average molecular weight is 158 g/mol. The molecule has 0 aliphatic heterocycles. The summed E-state index contributed by atoms with van der Waals surface area (Å²) < 4.78 is 0. The number of pyridine rings is 1. The predicted octanol–water partition coefficient (Wildman–Crippen LogP) is 2.13. The SMILES string of the molecule is Cc1ccc2nccc(N)c2c1. The minimum absolute atomic E-state index is 0.795. The maximum atomic E-state index is 5.79. The highest BCUT2D eigenvalue weighted by molar-refractivity contribution is 5.90. The maximum absolute atomic E-state index is 5.79. The highest BCUT2D eigenvalue weighted by Crippen LogP contribution is 2.19. The molecule has 2 heteroatoms. The number of aryl methyl sites for hydroxylation is 1. The van der Waals surface area contributed by atoms with Crippen molar-refractivity contribution in [3.05, 3.63) is 36.0 Å². The van der Waals surface area contributed by atoms with Crippen LogP contribution in [-0.2, 0) is 0 Å². The zero-order valence-electron chi connectivity index (χ0n) is 6.91. The molecule has 0 atom stereocenters. The molecule has 2 aromatic rings. The minimum Gasteiger partial charge on any atom is -0.398 e. The monoisotopic (exact) mass is 158 g/mol. The van der Waals surface area contributed by atoms with Gasteiger partial charge in [0.15, 0.2) is 0 Å². The van der Waals surface area contributed by atoms with Gasteiger partial charge >= 0.3 is 0 Å². The summed E-state index contributed by atoms with van der Waals surface area (Å²) in [5.74, 6) is 0. The zero-order chi connectivity index (χ0) is 8.55. The number of benzene rings is 1. The lowest BCUT2D eigenvalue weighted by atomic mass is 10.1. The van der Waals surface area contributed by atoms with Crippen LogP contribution in [0.2, 0.25) is 0 Å². The molecule has 0 bridgehead atoms. The first kappa shape index (κ1) is 7.10. The lowest BCUT2D eigenvalue weighted by Crippen LogP contribution is -1.88. The Bertz CT molecular complexity index is 421. The molecule has 0 spiro atoms. The van der Waals surface area contributed by atoms with Crippen LogP contribution in [0.15, 0.2) is 30.5 Å². The van der Waals surface area contributed by atoms with Crippen molar-refractivity contribution in [3.63, 3.8) is 0 Å². The van der Waals surface area contributed by atoms with Crippen molar-refractivity contribution >= 4 is 16.6 Å². The summed E-state index contributed by atoms with van der Waals surface area (Å²) in [6, 6.07) is 7.90. The van der Waals surface area contributed by atoms with Gasteiger partial charge in [-0.15, -0.1) is 0 Å². The lowest BCUT2D eigenvalue weighted by molar-refractivity contribution is 1.39. The van der Waals surface area contributed by atoms with E-state index in [2.05, 4.69) is 11.1 Å². The van der Waals surface area contributed by atoms with E-state index in [1.54, 1.807) is 6.20 Å². The Kier molecular flexibility index (Phi) is 1.47. The maximum Gasteiger partial charge on any atom is 0.0722 e. The molecule has 1 heterocycles. The molecule has 2 rings (SSSR count). The Morgan fingerprint density at radius 1 is 1.25 bits per heavy atom. The standard InChI is InChI=1S/C10H10N2/c1-7-2-3-10-8(6-7)9(11)4-5-12-10/h2-6H,1H3,(H2,11,12). The van der Waals surface area contributed by atoms with Crippen molar-refractivity contribution in [3.8, 4) is 0 Å². The molecular weight excluding hydrogens is 148 g/mol. The molecule has 0 saturated carbocycles. The quantitative estimate of drug-likeness (QED) is 0.637. The fourth-order valence-corrected chi connectivity index (χ4v) is 1.28. The van der Waals surface area contributed by atoms with E-state index in [4.69, 9.17) is 5.73 Å². The summed E-state index contributed by atoms with van der Waals surface area (Å²) in [4.78, 5) is 4.20. The van der Waals surface area contributed by atoms with E-state index >= 15 is 0 Å². The molecule has 1 aromatic heterocycles. The first-order valence-corrected chi connectivity index (χ1v) is 3.88. The van der Waals surface area contributed by atoms with E-state index < -0.39 is 0 Å². The van der Waals surface area contributed by atoms with Crippen molar-refractivity contribution in [1.82, 2.24) is 4.98 Å². The number of aromatic nitrogens is 1. The van der Waals surface area contributed by atoms with Crippen LogP contribution < -0.4 is 5.73 Å². The second kappa shape index (κ2) is 2.48. The van der Waals surface area contributed by atoms with Crippen molar-refractivity contribution in [1.29, 1.82) is 0 Å². The number of anilines is 1. The van der Waals surface area contributed by atoms with Gasteiger partial charge in [-0.1, -0.05) is 11.6 Å². The van der Waals surface area contributed by atoms with Crippen LogP contribution in [0.25, 0.3) is 10.9 Å². The topological polar surface area (TPSA) is 38.9 Å². The molecule has 2 N–H and O–H groups in total. The molecule has 0 radical (unpaired) electrons. The normalized spacial score (nSPS) is 10.4. The molecule has 0 aliphatic carbocycles. The van der Waals surface area contributed by atoms with Crippen LogP contribution in [-0.4, -0.2) is 4.98 Å². The van der Waals surface area contributed by atoms with E-state index in [1.807, 2.05) is 25.1 Å². The first-order chi connectivity index (χ1) is 5.77. The third kappa shape index (κ3) is 1.01. The number of rotatable bonds is 0. The summed E-state index contributed by atoms with van der Waals surface area (Å²) >= 11 is 0. The molecule has 0 saturated heterocycles. The third-order valence-electron chi connectivity index (χ3n) is 1.93. The van der Waals surface area contributed by atoms with Crippen LogP contribution >= 0.6 is 0 Å². The van der Waals surface area contributed by atoms with Crippen molar-refractivity contribution in [2.24, 2.45) is 0 Å². The molecule has 0 fully saturated rings. The second-order valence-corrected chi connectivity index (χ2v) is 2.92. The lowest BCUT2D eigenvalue weighted by Gasteiger charge is -2.00. The Morgan fingerprint density at radius 3 is 2.92 bits per heavy atom. The number of fused-ring (bicyclic) bond motifs is 1. The van der Waals surface area contributed by atoms with Crippen LogP contribution in [0.3, 0.4) is 0 Å². The summed E-state index contributed by atoms with van der Waals surface area (Å²) in [5.41, 5.74) is 8.75. The van der Waals surface area contributed by atoms with E-state index in [0.717, 1.165) is 16.6 Å². The highest BCUT2D eigenvalue weighted by Gasteiger charge is 1.97. The van der Waals surface area contributed by atoms with Gasteiger partial charge in [-0.05, 0) is 25.1 Å². The number of nitrogens with two attached hydrogens (primary N) is 1. The third-order valence-corrected chi connectivity index (χ3v) is 1.93. The van der Waals surface area contributed by atoms with Crippen LogP contribution in [0.4, 0.5) is 5.69 Å². The smallest absolute Gasteiger partial charge is 0.0722 e. The molecule has 12 heavy (non-hydrogen) atoms. The summed E-state index contributed by atoms with van der Waals surface area (Å²) in [6.45, 7) is 2.05. The molecule has 2 nitrogen and oxygen atoms in total. The number of nitrogens with zero attached hydrogens (tertiary/aromatic N) is 1. The Labute approximate surface area is 71.0 Å². The fourth-order valence-electron chi connectivity index (χ4n) is 1.28. The summed E-state index contributed by atoms with van der Waals surface area (Å²) in [6.07, 6.45) is 1.73. The molecule has 0 unspecified atom stereocenters. The molecule has 0 amide bonds. The molecular formula is C10H10N2. The van der Waals surface area contributed by atoms with Gasteiger partial charge < -0.3 is 5.73 Å². The van der Waals surface area contributed by atoms with E-state index in [1.165, 1.54) is 5.56 Å². The van der Waals surface area contributed by atoms with E-state index in [9.17, 15) is 0 Å². The second-order valence-electron chi connectivity index (χ2n) is 2.92. The Balaban J connectivity index is 2.88. The summed E-state index contributed by atoms with van der Waals surface area (Å²) in [7, 11) is 0. The number of hydrogen-bond acceptors (Lipinski definition) is 2. The largest absolute Gasteiger partial charge is 0.398 e. The van der Waals surface area contributed by atoms with Crippen molar-refractivity contribution in [2.75, 3.05) is 5.73 Å². The number of nitrogen functional groups attached to an aromatic ring is 1. The van der Waals surface area contributed by atoms with Gasteiger partial charge in [0.1, 0.15) is 0 Å². The average Bonchev–Trinajstić information content (AvgIpc) is 2.07. The Morgan fingerprint density at radius 2 is 2.08 bits per heavy atom. The van der Waals surface area contributed by atoms with Gasteiger partial charge in [-0.25, -0.2) is 0 Å². The highest BCUT2D eigenvalue weighted by atomic mass is 14.7. The van der Waals surface area contributed by atoms with E-state index in [-0.39, 0.29) is 0 Å². The van der Waals surface area contributed by atoms with Crippen LogP contribution in [0.5, 0.6) is 0 Å². The molecule has 1 aromatic carbocycles. The van der Waals surface area contributed by atoms with Crippen LogP contribution in [0.1, 0.15) is 5.56 Å². The van der Waals surface area contributed by atoms with E-state index in [0.29, 0.717) is 0 Å². The fraction of sp³-hybridized carbons (Fsp3) is 0.100. The molecule has 60 valence electrons. The first-order valence-electron chi connectivity index (χ1n) is 3.88. The molecule has 0 aliphatic rings. The minimum atomic E-state index is 0.795. The van der Waals surface area contributed by atoms with Gasteiger partial charge in [0, 0.05) is 17.3 Å². The number of hydrogen-bond donors (Lipinski definition) is 1.